The van der Waals surface area contributed by atoms with Crippen LogP contribution in [0.1, 0.15) is 30.6 Å². The average Bonchev–Trinajstić information content (AvgIpc) is 2.28. The van der Waals surface area contributed by atoms with Crippen LogP contribution in [0.25, 0.3) is 0 Å². The molecule has 0 aromatic carbocycles. The van der Waals surface area contributed by atoms with Crippen molar-refractivity contribution < 1.29 is 19.7 Å². The van der Waals surface area contributed by atoms with Gasteiger partial charge in [-0.1, -0.05) is 11.6 Å². The average molecular weight is 274 g/mol. The monoisotopic (exact) mass is 273 g/mol. The predicted octanol–water partition coefficient (Wildman–Crippen LogP) is 1.39. The van der Waals surface area contributed by atoms with Crippen LogP contribution in [0.4, 0.5) is 0 Å². The molecule has 0 saturated heterocycles. The molecular formula is C12H16ClNO4. The van der Waals surface area contributed by atoms with Crippen molar-refractivity contribution in [3.05, 3.63) is 28.5 Å². The first-order valence-electron chi connectivity index (χ1n) is 5.59. The van der Waals surface area contributed by atoms with Crippen LogP contribution in [0, 0.1) is 6.92 Å². The third kappa shape index (κ3) is 3.94. The van der Waals surface area contributed by atoms with Crippen molar-refractivity contribution in [1.29, 1.82) is 0 Å². The molecule has 0 aliphatic carbocycles. The molecule has 2 atom stereocenters. The molecular weight excluding hydrogens is 258 g/mol. The molecule has 1 rings (SSSR count). The van der Waals surface area contributed by atoms with Crippen LogP contribution in [0.5, 0.6) is 0 Å². The number of hydrogen-bond donors (Lipinski definition) is 2. The van der Waals surface area contributed by atoms with Gasteiger partial charge in [0.15, 0.2) is 0 Å². The van der Waals surface area contributed by atoms with E-state index in [1.807, 2.05) is 0 Å². The number of rotatable bonds is 5. The van der Waals surface area contributed by atoms with E-state index in [-0.39, 0.29) is 13.0 Å². The van der Waals surface area contributed by atoms with Crippen LogP contribution in [0.3, 0.4) is 0 Å². The first kappa shape index (κ1) is 14.9. The maximum Gasteiger partial charge on any atom is 0.308 e. The van der Waals surface area contributed by atoms with Crippen LogP contribution in [0.15, 0.2) is 12.3 Å². The lowest BCUT2D eigenvalue weighted by atomic mass is 10.00. The van der Waals surface area contributed by atoms with Crippen LogP contribution in [-0.4, -0.2) is 33.9 Å². The van der Waals surface area contributed by atoms with Crippen molar-refractivity contribution in [2.24, 2.45) is 0 Å². The molecule has 18 heavy (non-hydrogen) atoms. The summed E-state index contributed by atoms with van der Waals surface area (Å²) in [4.78, 5) is 15.0. The molecule has 2 unspecified atom stereocenters. The zero-order valence-corrected chi connectivity index (χ0v) is 11.0. The number of esters is 1. The maximum atomic E-state index is 11.2. The molecule has 0 spiro atoms. The molecule has 0 aliphatic rings. The third-order valence-electron chi connectivity index (χ3n) is 2.48. The minimum atomic E-state index is -1.23. The summed E-state index contributed by atoms with van der Waals surface area (Å²) in [6, 6.07) is 1.58. The topological polar surface area (TPSA) is 79.7 Å². The van der Waals surface area contributed by atoms with Crippen LogP contribution in [0.2, 0.25) is 5.15 Å². The second-order valence-corrected chi connectivity index (χ2v) is 4.27. The Morgan fingerprint density at radius 2 is 2.22 bits per heavy atom. The quantitative estimate of drug-likeness (QED) is 0.626. The molecule has 6 heteroatoms. The van der Waals surface area contributed by atoms with Gasteiger partial charge in [0.2, 0.25) is 0 Å². The lowest BCUT2D eigenvalue weighted by molar-refractivity contribution is -0.147. The summed E-state index contributed by atoms with van der Waals surface area (Å²) in [5.74, 6) is -0.552. The summed E-state index contributed by atoms with van der Waals surface area (Å²) in [7, 11) is 0. The van der Waals surface area contributed by atoms with Gasteiger partial charge in [0.1, 0.15) is 11.3 Å². The number of carbonyl (C=O) groups is 1. The molecule has 0 amide bonds. The molecule has 1 aromatic heterocycles. The van der Waals surface area contributed by atoms with Crippen LogP contribution in [-0.2, 0) is 9.53 Å². The van der Waals surface area contributed by atoms with E-state index < -0.39 is 18.2 Å². The minimum Gasteiger partial charge on any atom is -0.466 e. The van der Waals surface area contributed by atoms with E-state index in [0.29, 0.717) is 16.3 Å². The number of carbonyl (C=O) groups excluding carboxylic acids is 1. The van der Waals surface area contributed by atoms with Gasteiger partial charge in [0, 0.05) is 11.8 Å². The Balaban J connectivity index is 2.73. The fourth-order valence-corrected chi connectivity index (χ4v) is 1.76. The number of aromatic nitrogens is 1. The summed E-state index contributed by atoms with van der Waals surface area (Å²) >= 11 is 5.70. The van der Waals surface area contributed by atoms with Crippen molar-refractivity contribution >= 4 is 17.6 Å². The fraction of sp³-hybridized carbons (Fsp3) is 0.500. The standard InChI is InChI=1S/C12H16ClNO4/c1-3-18-11(16)5-9(15)12(17)8-6-14-10(13)4-7(8)2/h4,6,9,12,15,17H,3,5H2,1-2H3. The van der Waals surface area contributed by atoms with Crippen molar-refractivity contribution in [1.82, 2.24) is 4.98 Å². The van der Waals surface area contributed by atoms with E-state index in [4.69, 9.17) is 16.3 Å². The number of ether oxygens (including phenoxy) is 1. The van der Waals surface area contributed by atoms with Gasteiger partial charge in [-0.3, -0.25) is 4.79 Å². The van der Waals surface area contributed by atoms with Gasteiger partial charge in [0.25, 0.3) is 0 Å². The Bertz CT molecular complexity index is 425. The van der Waals surface area contributed by atoms with Gasteiger partial charge in [-0.25, -0.2) is 4.98 Å². The smallest absolute Gasteiger partial charge is 0.308 e. The molecule has 0 radical (unpaired) electrons. The SMILES string of the molecule is CCOC(=O)CC(O)C(O)c1cnc(Cl)cc1C. The summed E-state index contributed by atoms with van der Waals surface area (Å²) in [5.41, 5.74) is 1.14. The highest BCUT2D eigenvalue weighted by atomic mass is 35.5. The van der Waals surface area contributed by atoms with Crippen LogP contribution >= 0.6 is 11.6 Å². The first-order chi connectivity index (χ1) is 8.45. The van der Waals surface area contributed by atoms with Crippen LogP contribution < -0.4 is 0 Å². The van der Waals surface area contributed by atoms with Crippen molar-refractivity contribution in [2.45, 2.75) is 32.5 Å². The highest BCUT2D eigenvalue weighted by Gasteiger charge is 2.23. The summed E-state index contributed by atoms with van der Waals surface area (Å²) < 4.78 is 4.70. The largest absolute Gasteiger partial charge is 0.466 e. The number of aliphatic hydroxyl groups is 2. The molecule has 100 valence electrons. The van der Waals surface area contributed by atoms with E-state index >= 15 is 0 Å². The third-order valence-corrected chi connectivity index (χ3v) is 2.69. The molecule has 0 aliphatic heterocycles. The molecule has 1 aromatic rings. The van der Waals surface area contributed by atoms with Gasteiger partial charge < -0.3 is 14.9 Å². The predicted molar refractivity (Wildman–Crippen MR) is 66.2 cm³/mol. The Labute approximate surface area is 110 Å². The Morgan fingerprint density at radius 1 is 1.56 bits per heavy atom. The van der Waals surface area contributed by atoms with Gasteiger partial charge >= 0.3 is 5.97 Å². The number of nitrogens with zero attached hydrogens (tertiary/aromatic N) is 1. The minimum absolute atomic E-state index is 0.239. The Kier molecular flexibility index (Phi) is 5.53. The zero-order chi connectivity index (χ0) is 13.7. The van der Waals surface area contributed by atoms with Crippen molar-refractivity contribution in [3.8, 4) is 0 Å². The van der Waals surface area contributed by atoms with E-state index in [1.165, 1.54) is 6.20 Å². The number of aryl methyl sites for hydroxylation is 1. The summed E-state index contributed by atoms with van der Waals surface area (Å²) in [6.07, 6.45) is -1.31. The number of aliphatic hydroxyl groups excluding tert-OH is 2. The molecule has 0 saturated carbocycles. The van der Waals surface area contributed by atoms with E-state index in [9.17, 15) is 15.0 Å². The Hall–Kier alpha value is -1.17. The van der Waals surface area contributed by atoms with E-state index in [0.717, 1.165) is 0 Å². The number of hydrogen-bond acceptors (Lipinski definition) is 5. The maximum absolute atomic E-state index is 11.2. The second kappa shape index (κ2) is 6.68. The van der Waals surface area contributed by atoms with E-state index in [1.54, 1.807) is 19.9 Å². The van der Waals surface area contributed by atoms with Gasteiger partial charge in [-0.05, 0) is 25.5 Å². The molecule has 5 nitrogen and oxygen atoms in total. The van der Waals surface area contributed by atoms with Gasteiger partial charge in [-0.2, -0.15) is 0 Å². The number of pyridine rings is 1. The molecule has 0 fully saturated rings. The molecule has 2 N–H and O–H groups in total. The molecule has 0 bridgehead atoms. The summed E-state index contributed by atoms with van der Waals surface area (Å²) in [6.45, 7) is 3.65. The fourth-order valence-electron chi connectivity index (χ4n) is 1.55. The zero-order valence-electron chi connectivity index (χ0n) is 10.3. The highest BCUT2D eigenvalue weighted by molar-refractivity contribution is 6.29. The second-order valence-electron chi connectivity index (χ2n) is 3.88. The van der Waals surface area contributed by atoms with Gasteiger partial charge in [-0.15, -0.1) is 0 Å². The molecule has 1 heterocycles. The lowest BCUT2D eigenvalue weighted by Gasteiger charge is -2.18. The van der Waals surface area contributed by atoms with Gasteiger partial charge in [0.05, 0.1) is 19.1 Å². The highest BCUT2D eigenvalue weighted by Crippen LogP contribution is 2.23. The number of halogens is 1. The van der Waals surface area contributed by atoms with Crippen molar-refractivity contribution in [3.63, 3.8) is 0 Å². The lowest BCUT2D eigenvalue weighted by Crippen LogP contribution is -2.23. The normalized spacial score (nSPS) is 14.1. The summed E-state index contributed by atoms with van der Waals surface area (Å²) in [5, 5.41) is 20.0. The van der Waals surface area contributed by atoms with E-state index in [2.05, 4.69) is 4.98 Å². The first-order valence-corrected chi connectivity index (χ1v) is 5.97. The Morgan fingerprint density at radius 3 is 2.78 bits per heavy atom. The van der Waals surface area contributed by atoms with Crippen molar-refractivity contribution in [2.75, 3.05) is 6.61 Å².